The van der Waals surface area contributed by atoms with Crippen LogP contribution in [0.25, 0.3) is 22.3 Å². The van der Waals surface area contributed by atoms with Gasteiger partial charge in [-0.15, -0.1) is 20.4 Å². The molecule has 0 amide bonds. The molecule has 0 spiro atoms. The third kappa shape index (κ3) is 1.90. The van der Waals surface area contributed by atoms with Crippen molar-refractivity contribution in [3.05, 3.63) is 48.1 Å². The molecule has 3 heterocycles. The highest BCUT2D eigenvalue weighted by Gasteiger charge is 2.32. The predicted octanol–water partition coefficient (Wildman–Crippen LogP) is 3.00. The minimum atomic E-state index is -0.678. The van der Waals surface area contributed by atoms with E-state index in [1.165, 1.54) is 0 Å². The quantitative estimate of drug-likeness (QED) is 0.785. The van der Waals surface area contributed by atoms with E-state index in [9.17, 15) is 0 Å². The van der Waals surface area contributed by atoms with Gasteiger partial charge in [0.25, 0.3) is 0 Å². The number of hydrogen-bond donors (Lipinski definition) is 1. The van der Waals surface area contributed by atoms with Gasteiger partial charge in [-0.1, -0.05) is 18.2 Å². The molecule has 3 aromatic rings. The van der Waals surface area contributed by atoms with Crippen LogP contribution in [0, 0.1) is 0 Å². The first-order valence-corrected chi connectivity index (χ1v) is 6.92. The molecule has 22 heavy (non-hydrogen) atoms. The number of hydrogen-bond acceptors (Lipinski definition) is 6. The Kier molecular flexibility index (Phi) is 2.62. The Labute approximate surface area is 126 Å². The highest BCUT2D eigenvalue weighted by atomic mass is 15.3. The van der Waals surface area contributed by atoms with E-state index in [-0.39, 0.29) is 0 Å². The van der Waals surface area contributed by atoms with Crippen molar-refractivity contribution >= 4 is 10.9 Å². The minimum Gasteiger partial charge on any atom is -0.360 e. The van der Waals surface area contributed by atoms with Crippen LogP contribution in [-0.2, 0) is 5.54 Å². The van der Waals surface area contributed by atoms with Crippen LogP contribution in [0.4, 0.5) is 0 Å². The molecule has 1 unspecified atom stereocenters. The molecule has 0 radical (unpaired) electrons. The summed E-state index contributed by atoms with van der Waals surface area (Å²) in [6.45, 7) is 3.77. The average Bonchev–Trinajstić information content (AvgIpc) is 3.12. The minimum absolute atomic E-state index is 0.441. The van der Waals surface area contributed by atoms with Crippen molar-refractivity contribution in [2.24, 2.45) is 10.2 Å². The molecule has 0 saturated carbocycles. The molecule has 7 heteroatoms. The SMILES string of the molecule is CC1=CC(C)(c2nnc(-c3c[nH]c4ccccc34)nn2)N=N1. The molecule has 1 aliphatic heterocycles. The first-order valence-electron chi connectivity index (χ1n) is 6.92. The Balaban J connectivity index is 1.75. The molecule has 0 fully saturated rings. The van der Waals surface area contributed by atoms with Crippen LogP contribution in [0.5, 0.6) is 0 Å². The van der Waals surface area contributed by atoms with E-state index in [4.69, 9.17) is 0 Å². The number of para-hydroxylation sites is 1. The van der Waals surface area contributed by atoms with Crippen molar-refractivity contribution in [3.63, 3.8) is 0 Å². The van der Waals surface area contributed by atoms with Crippen LogP contribution in [-0.4, -0.2) is 25.4 Å². The summed E-state index contributed by atoms with van der Waals surface area (Å²) in [5, 5.41) is 26.1. The maximum atomic E-state index is 4.21. The first-order chi connectivity index (χ1) is 10.7. The van der Waals surface area contributed by atoms with Gasteiger partial charge in [0, 0.05) is 22.7 Å². The molecule has 2 aromatic heterocycles. The van der Waals surface area contributed by atoms with E-state index in [2.05, 4.69) is 35.6 Å². The zero-order chi connectivity index (χ0) is 15.2. The molecule has 1 N–H and O–H groups in total. The van der Waals surface area contributed by atoms with Gasteiger partial charge in [0.05, 0.1) is 5.70 Å². The van der Waals surface area contributed by atoms with Crippen LogP contribution >= 0.6 is 0 Å². The van der Waals surface area contributed by atoms with Gasteiger partial charge in [-0.3, -0.25) is 0 Å². The lowest BCUT2D eigenvalue weighted by molar-refractivity contribution is 0.545. The predicted molar refractivity (Wildman–Crippen MR) is 80.9 cm³/mol. The van der Waals surface area contributed by atoms with Crippen LogP contribution in [0.2, 0.25) is 0 Å². The monoisotopic (exact) mass is 291 g/mol. The third-order valence-electron chi connectivity index (χ3n) is 3.67. The molecule has 0 bridgehead atoms. The number of H-pyrrole nitrogens is 1. The lowest BCUT2D eigenvalue weighted by atomic mass is 10.0. The zero-order valence-electron chi connectivity index (χ0n) is 12.1. The summed E-state index contributed by atoms with van der Waals surface area (Å²) >= 11 is 0. The molecule has 0 saturated heterocycles. The van der Waals surface area contributed by atoms with E-state index in [1.807, 2.05) is 50.4 Å². The smallest absolute Gasteiger partial charge is 0.206 e. The fourth-order valence-electron chi connectivity index (χ4n) is 2.55. The van der Waals surface area contributed by atoms with Crippen LogP contribution in [0.1, 0.15) is 19.7 Å². The van der Waals surface area contributed by atoms with Gasteiger partial charge in [-0.25, -0.2) is 0 Å². The van der Waals surface area contributed by atoms with Crippen molar-refractivity contribution in [1.29, 1.82) is 0 Å². The summed E-state index contributed by atoms with van der Waals surface area (Å²) in [5.74, 6) is 0.928. The lowest BCUT2D eigenvalue weighted by Crippen LogP contribution is -2.19. The Morgan fingerprint density at radius 2 is 1.82 bits per heavy atom. The van der Waals surface area contributed by atoms with E-state index < -0.39 is 5.54 Å². The summed E-state index contributed by atoms with van der Waals surface area (Å²) in [5.41, 5.74) is 2.07. The van der Waals surface area contributed by atoms with Gasteiger partial charge in [-0.2, -0.15) is 10.2 Å². The summed E-state index contributed by atoms with van der Waals surface area (Å²) < 4.78 is 0. The van der Waals surface area contributed by atoms with Gasteiger partial charge in [0.2, 0.25) is 11.6 Å². The summed E-state index contributed by atoms with van der Waals surface area (Å²) in [6, 6.07) is 7.96. The third-order valence-corrected chi connectivity index (χ3v) is 3.67. The Bertz CT molecular complexity index is 907. The Morgan fingerprint density at radius 3 is 2.55 bits per heavy atom. The van der Waals surface area contributed by atoms with Gasteiger partial charge >= 0.3 is 0 Å². The Morgan fingerprint density at radius 1 is 1.05 bits per heavy atom. The van der Waals surface area contributed by atoms with Crippen LogP contribution < -0.4 is 0 Å². The normalized spacial score (nSPS) is 20.5. The van der Waals surface area contributed by atoms with Crippen LogP contribution in [0.15, 0.2) is 52.5 Å². The fourth-order valence-corrected chi connectivity index (χ4v) is 2.55. The topological polar surface area (TPSA) is 92.1 Å². The number of fused-ring (bicyclic) bond motifs is 1. The molecule has 108 valence electrons. The second-order valence-electron chi connectivity index (χ2n) is 5.43. The molecule has 0 aliphatic carbocycles. The first kappa shape index (κ1) is 12.8. The van der Waals surface area contributed by atoms with E-state index >= 15 is 0 Å². The molecular weight excluding hydrogens is 278 g/mol. The van der Waals surface area contributed by atoms with E-state index in [0.29, 0.717) is 11.6 Å². The van der Waals surface area contributed by atoms with Gasteiger partial charge in [0.1, 0.15) is 0 Å². The summed E-state index contributed by atoms with van der Waals surface area (Å²) in [7, 11) is 0. The molecule has 1 aromatic carbocycles. The second-order valence-corrected chi connectivity index (χ2v) is 5.43. The van der Waals surface area contributed by atoms with Gasteiger partial charge in [-0.05, 0) is 26.0 Å². The highest BCUT2D eigenvalue weighted by molar-refractivity contribution is 5.93. The number of aromatic amines is 1. The Hall–Kier alpha value is -2.96. The van der Waals surface area contributed by atoms with Crippen molar-refractivity contribution in [2.75, 3.05) is 0 Å². The number of nitrogens with zero attached hydrogens (tertiary/aromatic N) is 6. The number of rotatable bonds is 2. The van der Waals surface area contributed by atoms with Crippen molar-refractivity contribution in [3.8, 4) is 11.4 Å². The second kappa shape index (κ2) is 4.52. The average molecular weight is 291 g/mol. The van der Waals surface area contributed by atoms with Crippen molar-refractivity contribution in [1.82, 2.24) is 25.4 Å². The highest BCUT2D eigenvalue weighted by Crippen LogP contribution is 2.31. The van der Waals surface area contributed by atoms with E-state index in [1.54, 1.807) is 0 Å². The van der Waals surface area contributed by atoms with Crippen molar-refractivity contribution in [2.45, 2.75) is 19.4 Å². The number of allylic oxidation sites excluding steroid dienone is 1. The number of azo groups is 1. The lowest BCUT2D eigenvalue weighted by Gasteiger charge is -2.12. The van der Waals surface area contributed by atoms with E-state index in [0.717, 1.165) is 22.2 Å². The molecular formula is C15H13N7. The van der Waals surface area contributed by atoms with Gasteiger partial charge < -0.3 is 4.98 Å². The largest absolute Gasteiger partial charge is 0.360 e. The van der Waals surface area contributed by atoms with Crippen LogP contribution in [0.3, 0.4) is 0 Å². The summed E-state index contributed by atoms with van der Waals surface area (Å²) in [4.78, 5) is 3.19. The molecule has 4 rings (SSSR count). The molecule has 1 aliphatic rings. The number of benzene rings is 1. The fraction of sp³-hybridized carbons (Fsp3) is 0.200. The maximum Gasteiger partial charge on any atom is 0.206 e. The molecule has 7 nitrogen and oxygen atoms in total. The van der Waals surface area contributed by atoms with Gasteiger partial charge in [0.15, 0.2) is 5.54 Å². The summed E-state index contributed by atoms with van der Waals surface area (Å²) in [6.07, 6.45) is 3.77. The number of nitrogens with one attached hydrogen (secondary N) is 1. The molecule has 1 atom stereocenters. The maximum absolute atomic E-state index is 4.21. The zero-order valence-corrected chi connectivity index (χ0v) is 12.1. The number of aromatic nitrogens is 5. The van der Waals surface area contributed by atoms with Crippen molar-refractivity contribution < 1.29 is 0 Å². The standard InChI is InChI=1S/C15H13N7/c1-9-7-15(2,22-17-9)14-20-18-13(19-21-14)11-8-16-12-6-4-3-5-10(11)12/h3-8,16H,1-2H3.